The zero-order chi connectivity index (χ0) is 13.0. The van der Waals surface area contributed by atoms with Crippen molar-refractivity contribution in [1.29, 1.82) is 0 Å². The van der Waals surface area contributed by atoms with Crippen LogP contribution in [0.1, 0.15) is 18.5 Å². The van der Waals surface area contributed by atoms with E-state index in [0.717, 1.165) is 42.4 Å². The van der Waals surface area contributed by atoms with Gasteiger partial charge in [0.1, 0.15) is 0 Å². The van der Waals surface area contributed by atoms with Crippen LogP contribution >= 0.6 is 11.3 Å². The van der Waals surface area contributed by atoms with Gasteiger partial charge in [-0.1, -0.05) is 0 Å². The van der Waals surface area contributed by atoms with Crippen LogP contribution < -0.4 is 10.6 Å². The second-order valence-electron chi connectivity index (χ2n) is 5.62. The van der Waals surface area contributed by atoms with Crippen LogP contribution in [0.15, 0.2) is 11.6 Å². The maximum atomic E-state index is 10.0. The molecule has 2 aromatic rings. The maximum absolute atomic E-state index is 10.0. The molecule has 6 heteroatoms. The summed E-state index contributed by atoms with van der Waals surface area (Å²) >= 11 is 1.64. The van der Waals surface area contributed by atoms with Crippen LogP contribution in [0.25, 0.3) is 4.96 Å². The van der Waals surface area contributed by atoms with Gasteiger partial charge in [0.2, 0.25) is 0 Å². The molecule has 3 unspecified atom stereocenters. The summed E-state index contributed by atoms with van der Waals surface area (Å²) in [6, 6.07) is 0. The first-order valence-electron chi connectivity index (χ1n) is 6.85. The lowest BCUT2D eigenvalue weighted by Crippen LogP contribution is -2.26. The third kappa shape index (κ3) is 1.63. The number of rotatable bonds is 2. The minimum absolute atomic E-state index is 0.125. The molecule has 4 rings (SSSR count). The third-order valence-corrected chi connectivity index (χ3v) is 5.41. The average Bonchev–Trinajstić information content (AvgIpc) is 3.10. The molecule has 0 radical (unpaired) electrons. The summed E-state index contributed by atoms with van der Waals surface area (Å²) < 4.78 is 2.09. The van der Waals surface area contributed by atoms with Crippen molar-refractivity contribution in [2.45, 2.75) is 25.5 Å². The van der Waals surface area contributed by atoms with Gasteiger partial charge in [-0.3, -0.25) is 4.40 Å². The number of nitrogens with zero attached hydrogens (tertiary/aromatic N) is 3. The van der Waals surface area contributed by atoms with Crippen molar-refractivity contribution in [3.8, 4) is 0 Å². The molecule has 3 N–H and O–H groups in total. The van der Waals surface area contributed by atoms with E-state index in [-0.39, 0.29) is 6.10 Å². The smallest absolute Gasteiger partial charge is 0.195 e. The van der Waals surface area contributed by atoms with Gasteiger partial charge in [0.25, 0.3) is 0 Å². The van der Waals surface area contributed by atoms with E-state index < -0.39 is 0 Å². The van der Waals surface area contributed by atoms with E-state index in [9.17, 15) is 5.11 Å². The Morgan fingerprint density at radius 1 is 1.42 bits per heavy atom. The molecule has 0 aromatic carbocycles. The van der Waals surface area contributed by atoms with Gasteiger partial charge in [-0.15, -0.1) is 11.3 Å². The minimum atomic E-state index is -0.125. The molecule has 0 amide bonds. The van der Waals surface area contributed by atoms with E-state index in [1.807, 2.05) is 11.6 Å². The van der Waals surface area contributed by atoms with Crippen molar-refractivity contribution in [3.05, 3.63) is 17.3 Å². The normalized spacial score (nSPS) is 30.4. The van der Waals surface area contributed by atoms with Crippen LogP contribution in [-0.2, 0) is 6.54 Å². The van der Waals surface area contributed by atoms with E-state index in [4.69, 9.17) is 10.7 Å². The molecule has 5 nitrogen and oxygen atoms in total. The monoisotopic (exact) mass is 278 g/mol. The molecular formula is C13H18N4OS. The summed E-state index contributed by atoms with van der Waals surface area (Å²) in [5.41, 5.74) is 6.99. The Kier molecular flexibility index (Phi) is 2.58. The second-order valence-corrected chi connectivity index (χ2v) is 6.49. The lowest BCUT2D eigenvalue weighted by molar-refractivity contribution is 0.133. The zero-order valence-corrected chi connectivity index (χ0v) is 11.5. The first kappa shape index (κ1) is 11.7. The van der Waals surface area contributed by atoms with Crippen molar-refractivity contribution in [2.24, 2.45) is 17.6 Å². The first-order chi connectivity index (χ1) is 9.28. The van der Waals surface area contributed by atoms with Gasteiger partial charge in [-0.2, -0.15) is 0 Å². The summed E-state index contributed by atoms with van der Waals surface area (Å²) in [5, 5.41) is 12.1. The fourth-order valence-electron chi connectivity index (χ4n) is 3.67. The topological polar surface area (TPSA) is 66.8 Å². The SMILES string of the molecule is NCc1c(N2CC3CCC(O)C3C2)nc2sccn12. The standard InChI is InChI=1S/C13H18N4OS/c14-5-10-12(15-13-17(10)3-4-19-13)16-6-8-1-2-11(18)9(8)7-16/h3-4,8-9,11,18H,1-2,5-7,14H2. The Labute approximate surface area is 115 Å². The van der Waals surface area contributed by atoms with Gasteiger partial charge in [0.05, 0.1) is 11.8 Å². The number of aromatic nitrogens is 2. The lowest BCUT2D eigenvalue weighted by atomic mass is 10.00. The number of thiazole rings is 1. The van der Waals surface area contributed by atoms with Gasteiger partial charge in [-0.05, 0) is 18.8 Å². The average molecular weight is 278 g/mol. The number of imidazole rings is 1. The summed E-state index contributed by atoms with van der Waals surface area (Å²) in [5.74, 6) is 2.07. The molecular weight excluding hydrogens is 260 g/mol. The number of aliphatic hydroxyl groups is 1. The van der Waals surface area contributed by atoms with Crippen LogP contribution in [-0.4, -0.2) is 33.7 Å². The summed E-state index contributed by atoms with van der Waals surface area (Å²) in [7, 11) is 0. The molecule has 1 saturated carbocycles. The summed E-state index contributed by atoms with van der Waals surface area (Å²) in [6.45, 7) is 2.44. The van der Waals surface area contributed by atoms with E-state index in [2.05, 4.69) is 9.30 Å². The number of anilines is 1. The predicted molar refractivity (Wildman–Crippen MR) is 75.4 cm³/mol. The molecule has 3 heterocycles. The van der Waals surface area contributed by atoms with E-state index in [0.29, 0.717) is 18.4 Å². The molecule has 0 bridgehead atoms. The highest BCUT2D eigenvalue weighted by Crippen LogP contribution is 2.40. The molecule has 0 spiro atoms. The molecule has 1 aliphatic carbocycles. The molecule has 1 saturated heterocycles. The van der Waals surface area contributed by atoms with Crippen molar-refractivity contribution in [1.82, 2.24) is 9.38 Å². The Bertz CT molecular complexity index is 607. The van der Waals surface area contributed by atoms with Crippen LogP contribution in [0.5, 0.6) is 0 Å². The van der Waals surface area contributed by atoms with Gasteiger partial charge in [-0.25, -0.2) is 4.98 Å². The maximum Gasteiger partial charge on any atom is 0.195 e. The van der Waals surface area contributed by atoms with Gasteiger partial charge < -0.3 is 15.7 Å². The number of fused-ring (bicyclic) bond motifs is 2. The van der Waals surface area contributed by atoms with Crippen LogP contribution in [0.4, 0.5) is 5.82 Å². The van der Waals surface area contributed by atoms with Crippen molar-refractivity contribution in [3.63, 3.8) is 0 Å². The Hall–Kier alpha value is -1.11. The molecule has 102 valence electrons. The molecule has 2 aliphatic rings. The fraction of sp³-hybridized carbons (Fsp3) is 0.615. The van der Waals surface area contributed by atoms with Crippen molar-refractivity contribution in [2.75, 3.05) is 18.0 Å². The van der Waals surface area contributed by atoms with Crippen molar-refractivity contribution < 1.29 is 5.11 Å². The van der Waals surface area contributed by atoms with E-state index >= 15 is 0 Å². The van der Waals surface area contributed by atoms with Gasteiger partial charge in [0, 0.05) is 37.1 Å². The number of aliphatic hydroxyl groups excluding tert-OH is 1. The fourth-order valence-corrected chi connectivity index (χ4v) is 4.40. The van der Waals surface area contributed by atoms with Gasteiger partial charge in [0.15, 0.2) is 10.8 Å². The summed E-state index contributed by atoms with van der Waals surface area (Å²) in [4.78, 5) is 8.05. The number of nitrogens with two attached hydrogens (primary N) is 1. The van der Waals surface area contributed by atoms with Crippen LogP contribution in [0.2, 0.25) is 0 Å². The largest absolute Gasteiger partial charge is 0.393 e. The molecule has 3 atom stereocenters. The molecule has 1 aliphatic heterocycles. The quantitative estimate of drug-likeness (QED) is 0.862. The number of hydrogen-bond donors (Lipinski definition) is 2. The van der Waals surface area contributed by atoms with Crippen molar-refractivity contribution >= 4 is 22.1 Å². The van der Waals surface area contributed by atoms with E-state index in [1.165, 1.54) is 0 Å². The van der Waals surface area contributed by atoms with Gasteiger partial charge >= 0.3 is 0 Å². The van der Waals surface area contributed by atoms with E-state index in [1.54, 1.807) is 11.3 Å². The predicted octanol–water partition coefficient (Wildman–Crippen LogP) is 1.06. The Morgan fingerprint density at radius 2 is 2.32 bits per heavy atom. The third-order valence-electron chi connectivity index (χ3n) is 4.65. The highest BCUT2D eigenvalue weighted by molar-refractivity contribution is 7.15. The highest BCUT2D eigenvalue weighted by atomic mass is 32.1. The number of hydrogen-bond acceptors (Lipinski definition) is 5. The van der Waals surface area contributed by atoms with Crippen LogP contribution in [0.3, 0.4) is 0 Å². The molecule has 2 fully saturated rings. The molecule has 19 heavy (non-hydrogen) atoms. The Morgan fingerprint density at radius 3 is 3.11 bits per heavy atom. The highest BCUT2D eigenvalue weighted by Gasteiger charge is 2.42. The second kappa shape index (κ2) is 4.19. The van der Waals surface area contributed by atoms with Crippen LogP contribution in [0, 0.1) is 11.8 Å². The molecule has 2 aromatic heterocycles. The first-order valence-corrected chi connectivity index (χ1v) is 7.73. The zero-order valence-electron chi connectivity index (χ0n) is 10.7. The minimum Gasteiger partial charge on any atom is -0.393 e. The summed E-state index contributed by atoms with van der Waals surface area (Å²) in [6.07, 6.45) is 4.01. The Balaban J connectivity index is 1.70. The lowest BCUT2D eigenvalue weighted by Gasteiger charge is -2.19.